The number of nitrogens with zero attached hydrogens (tertiary/aromatic N) is 1. The summed E-state index contributed by atoms with van der Waals surface area (Å²) in [6.07, 6.45) is 3.54. The molecule has 0 saturated carbocycles. The Morgan fingerprint density at radius 1 is 1.13 bits per heavy atom. The van der Waals surface area contributed by atoms with Crippen molar-refractivity contribution in [2.24, 2.45) is 0 Å². The fraction of sp³-hybridized carbons (Fsp3) is 0.125. The van der Waals surface area contributed by atoms with Gasteiger partial charge in [0.25, 0.3) is 10.0 Å². The number of hydrogen-bond donors (Lipinski definition) is 1. The van der Waals surface area contributed by atoms with E-state index in [1.807, 2.05) is 18.4 Å². The van der Waals surface area contributed by atoms with Crippen LogP contribution in [0.4, 0.5) is 5.69 Å². The SMILES string of the molecule is CSCN(c1cccc2[nH]cc(Cl)c12)S(=O)(=O)c1ccccc1. The highest BCUT2D eigenvalue weighted by Gasteiger charge is 2.26. The largest absolute Gasteiger partial charge is 0.360 e. The summed E-state index contributed by atoms with van der Waals surface area (Å²) in [6.45, 7) is 0. The number of halogens is 1. The average Bonchev–Trinajstić information content (AvgIpc) is 2.95. The number of benzene rings is 2. The molecular formula is C16H15ClN2O2S2. The molecule has 7 heteroatoms. The topological polar surface area (TPSA) is 53.2 Å². The van der Waals surface area contributed by atoms with Crippen molar-refractivity contribution in [2.75, 3.05) is 16.4 Å². The summed E-state index contributed by atoms with van der Waals surface area (Å²) >= 11 is 7.70. The van der Waals surface area contributed by atoms with Gasteiger partial charge in [-0.15, -0.1) is 11.8 Å². The molecule has 0 aliphatic heterocycles. The van der Waals surface area contributed by atoms with Gasteiger partial charge in [0.05, 0.1) is 21.5 Å². The lowest BCUT2D eigenvalue weighted by Crippen LogP contribution is -2.30. The zero-order valence-electron chi connectivity index (χ0n) is 12.4. The van der Waals surface area contributed by atoms with Gasteiger partial charge in [-0.3, -0.25) is 4.31 Å². The molecule has 0 spiro atoms. The lowest BCUT2D eigenvalue weighted by atomic mass is 10.2. The third-order valence-electron chi connectivity index (χ3n) is 3.48. The minimum atomic E-state index is -3.66. The predicted octanol–water partition coefficient (Wildman–Crippen LogP) is 4.34. The quantitative estimate of drug-likeness (QED) is 0.683. The van der Waals surface area contributed by atoms with E-state index in [1.54, 1.807) is 42.6 Å². The Morgan fingerprint density at radius 3 is 2.57 bits per heavy atom. The number of anilines is 1. The number of H-pyrrole nitrogens is 1. The molecule has 1 N–H and O–H groups in total. The maximum Gasteiger partial charge on any atom is 0.265 e. The van der Waals surface area contributed by atoms with Gasteiger partial charge in [-0.05, 0) is 30.5 Å². The highest BCUT2D eigenvalue weighted by atomic mass is 35.5. The molecule has 1 heterocycles. The molecule has 0 bridgehead atoms. The molecule has 3 rings (SSSR count). The molecule has 0 atom stereocenters. The molecule has 0 radical (unpaired) electrons. The molecular weight excluding hydrogens is 352 g/mol. The Balaban J connectivity index is 2.21. The van der Waals surface area contributed by atoms with Gasteiger partial charge < -0.3 is 4.98 Å². The zero-order chi connectivity index (χ0) is 16.4. The van der Waals surface area contributed by atoms with Crippen LogP contribution in [0.1, 0.15) is 0 Å². The van der Waals surface area contributed by atoms with Gasteiger partial charge in [0.1, 0.15) is 0 Å². The summed E-state index contributed by atoms with van der Waals surface area (Å²) in [5.74, 6) is 0.303. The van der Waals surface area contributed by atoms with Gasteiger partial charge in [-0.2, -0.15) is 0 Å². The number of hydrogen-bond acceptors (Lipinski definition) is 3. The monoisotopic (exact) mass is 366 g/mol. The fourth-order valence-corrected chi connectivity index (χ4v) is 5.10. The van der Waals surface area contributed by atoms with E-state index in [0.29, 0.717) is 22.0 Å². The first-order valence-electron chi connectivity index (χ1n) is 6.88. The molecule has 120 valence electrons. The van der Waals surface area contributed by atoms with Crippen LogP contribution in [0.25, 0.3) is 10.9 Å². The molecule has 1 aromatic heterocycles. The van der Waals surface area contributed by atoms with Gasteiger partial charge in [-0.1, -0.05) is 35.9 Å². The molecule has 2 aromatic carbocycles. The summed E-state index contributed by atoms with van der Waals surface area (Å²) in [6, 6.07) is 13.9. The number of rotatable bonds is 5. The lowest BCUT2D eigenvalue weighted by Gasteiger charge is -2.24. The summed E-state index contributed by atoms with van der Waals surface area (Å²) < 4.78 is 27.5. The maximum atomic E-state index is 13.1. The first-order valence-corrected chi connectivity index (χ1v) is 10.1. The molecule has 0 saturated heterocycles. The Hall–Kier alpha value is -1.63. The Morgan fingerprint density at radius 2 is 1.87 bits per heavy atom. The zero-order valence-corrected chi connectivity index (χ0v) is 14.8. The van der Waals surface area contributed by atoms with Gasteiger partial charge in [0, 0.05) is 17.1 Å². The van der Waals surface area contributed by atoms with E-state index in [4.69, 9.17) is 11.6 Å². The fourth-order valence-electron chi connectivity index (χ4n) is 2.44. The van der Waals surface area contributed by atoms with Crippen molar-refractivity contribution >= 4 is 50.0 Å². The summed E-state index contributed by atoms with van der Waals surface area (Å²) in [7, 11) is -3.66. The maximum absolute atomic E-state index is 13.1. The Kier molecular flexibility index (Phi) is 4.57. The summed E-state index contributed by atoms with van der Waals surface area (Å²) in [4.78, 5) is 3.32. The van der Waals surface area contributed by atoms with Crippen molar-refractivity contribution < 1.29 is 8.42 Å². The second kappa shape index (κ2) is 6.47. The van der Waals surface area contributed by atoms with Gasteiger partial charge in [-0.25, -0.2) is 8.42 Å². The van der Waals surface area contributed by atoms with E-state index >= 15 is 0 Å². The van der Waals surface area contributed by atoms with E-state index < -0.39 is 10.0 Å². The standard InChI is InChI=1S/C16H15ClN2O2S2/c1-22-11-19(23(20,21)12-6-3-2-4-7-12)15-9-5-8-14-16(15)13(17)10-18-14/h2-10,18H,11H2,1H3. The predicted molar refractivity (Wildman–Crippen MR) is 97.8 cm³/mol. The van der Waals surface area contributed by atoms with Gasteiger partial charge in [0.15, 0.2) is 0 Å². The second-order valence-electron chi connectivity index (χ2n) is 4.92. The van der Waals surface area contributed by atoms with Crippen molar-refractivity contribution in [2.45, 2.75) is 4.90 Å². The number of aromatic amines is 1. The molecule has 3 aromatic rings. The molecule has 0 aliphatic carbocycles. The minimum absolute atomic E-state index is 0.262. The lowest BCUT2D eigenvalue weighted by molar-refractivity contribution is 0.594. The van der Waals surface area contributed by atoms with Crippen LogP contribution in [0.3, 0.4) is 0 Å². The number of thioether (sulfide) groups is 1. The highest BCUT2D eigenvalue weighted by molar-refractivity contribution is 8.00. The molecule has 0 amide bonds. The number of fused-ring (bicyclic) bond motifs is 1. The van der Waals surface area contributed by atoms with E-state index in [0.717, 1.165) is 5.52 Å². The number of sulfonamides is 1. The molecule has 4 nitrogen and oxygen atoms in total. The van der Waals surface area contributed by atoms with E-state index in [1.165, 1.54) is 16.1 Å². The third kappa shape index (κ3) is 2.94. The highest BCUT2D eigenvalue weighted by Crippen LogP contribution is 2.36. The van der Waals surface area contributed by atoms with Crippen LogP contribution in [0, 0.1) is 0 Å². The second-order valence-corrected chi connectivity index (χ2v) is 8.03. The third-order valence-corrected chi connectivity index (χ3v) is 6.23. The van der Waals surface area contributed by atoms with Gasteiger partial charge in [0.2, 0.25) is 0 Å². The van der Waals surface area contributed by atoms with Crippen LogP contribution in [0.2, 0.25) is 5.02 Å². The molecule has 23 heavy (non-hydrogen) atoms. The van der Waals surface area contributed by atoms with Gasteiger partial charge >= 0.3 is 0 Å². The van der Waals surface area contributed by atoms with Crippen molar-refractivity contribution in [3.05, 3.63) is 59.8 Å². The average molecular weight is 367 g/mol. The van der Waals surface area contributed by atoms with Crippen molar-refractivity contribution in [3.63, 3.8) is 0 Å². The Labute approximate surface area is 144 Å². The van der Waals surface area contributed by atoms with Crippen LogP contribution in [0.15, 0.2) is 59.6 Å². The van der Waals surface area contributed by atoms with Crippen LogP contribution in [0.5, 0.6) is 0 Å². The molecule has 0 fully saturated rings. The number of nitrogens with one attached hydrogen (secondary N) is 1. The normalized spacial score (nSPS) is 11.7. The first kappa shape index (κ1) is 16.2. The first-order chi connectivity index (χ1) is 11.1. The summed E-state index contributed by atoms with van der Waals surface area (Å²) in [5.41, 5.74) is 1.38. The molecule has 0 aliphatic rings. The van der Waals surface area contributed by atoms with Crippen molar-refractivity contribution in [1.29, 1.82) is 0 Å². The van der Waals surface area contributed by atoms with E-state index in [-0.39, 0.29) is 4.90 Å². The van der Waals surface area contributed by atoms with Crippen LogP contribution in [-0.2, 0) is 10.0 Å². The van der Waals surface area contributed by atoms with E-state index in [2.05, 4.69) is 4.98 Å². The smallest absolute Gasteiger partial charge is 0.265 e. The van der Waals surface area contributed by atoms with Crippen molar-refractivity contribution in [3.8, 4) is 0 Å². The van der Waals surface area contributed by atoms with Crippen LogP contribution < -0.4 is 4.31 Å². The molecule has 0 unspecified atom stereocenters. The van der Waals surface area contributed by atoms with Crippen LogP contribution in [-0.4, -0.2) is 25.5 Å². The Bertz CT molecular complexity index is 924. The van der Waals surface area contributed by atoms with Crippen LogP contribution >= 0.6 is 23.4 Å². The van der Waals surface area contributed by atoms with E-state index in [9.17, 15) is 8.42 Å². The minimum Gasteiger partial charge on any atom is -0.360 e. The summed E-state index contributed by atoms with van der Waals surface area (Å²) in [5, 5.41) is 1.22. The van der Waals surface area contributed by atoms with Crippen molar-refractivity contribution in [1.82, 2.24) is 4.98 Å². The number of aromatic nitrogens is 1.